The lowest BCUT2D eigenvalue weighted by Gasteiger charge is -2.32. The molecule has 0 fully saturated rings. The first-order valence-corrected chi connectivity index (χ1v) is 13.0. The van der Waals surface area contributed by atoms with E-state index in [1.54, 1.807) is 24.5 Å². The summed E-state index contributed by atoms with van der Waals surface area (Å²) in [6.45, 7) is 1.43. The number of fused-ring (bicyclic) bond motifs is 5. The molecule has 2 aliphatic rings. The van der Waals surface area contributed by atoms with E-state index in [-0.39, 0.29) is 5.41 Å². The molecule has 0 aromatic heterocycles. The Hall–Kier alpha value is -2.62. The van der Waals surface area contributed by atoms with Gasteiger partial charge in [-0.3, -0.25) is 0 Å². The lowest BCUT2D eigenvalue weighted by molar-refractivity contribution is 0.111. The third-order valence-corrected chi connectivity index (χ3v) is 7.76. The molecule has 6 rings (SSSR count). The van der Waals surface area contributed by atoms with Crippen LogP contribution in [0.1, 0.15) is 36.0 Å². The minimum atomic E-state index is -0.0340. The molecule has 174 valence electrons. The lowest BCUT2D eigenvalue weighted by atomic mass is 9.78. The van der Waals surface area contributed by atoms with Gasteiger partial charge in [-0.2, -0.15) is 0 Å². The maximum Gasteiger partial charge on any atom is 0.0885 e. The molecule has 3 heteroatoms. The van der Waals surface area contributed by atoms with Gasteiger partial charge in [0.2, 0.25) is 0 Å². The van der Waals surface area contributed by atoms with Gasteiger partial charge < -0.3 is 9.47 Å². The monoisotopic (exact) mass is 514 g/mol. The fourth-order valence-electron chi connectivity index (χ4n) is 5.40. The Morgan fingerprint density at radius 2 is 1.65 bits per heavy atom. The molecule has 0 amide bonds. The summed E-state index contributed by atoms with van der Waals surface area (Å²) < 4.78 is 11.7. The van der Waals surface area contributed by atoms with Crippen LogP contribution in [0.2, 0.25) is 0 Å². The Bertz CT molecular complexity index is 1310. The molecule has 4 aromatic carbocycles. The van der Waals surface area contributed by atoms with Crippen LogP contribution in [-0.4, -0.2) is 20.3 Å². The number of methoxy groups -OCH3 is 1. The van der Waals surface area contributed by atoms with Crippen molar-refractivity contribution >= 4 is 37.5 Å². The molecule has 0 spiro atoms. The van der Waals surface area contributed by atoms with Crippen LogP contribution < -0.4 is 0 Å². The van der Waals surface area contributed by atoms with E-state index in [1.807, 2.05) is 0 Å². The van der Waals surface area contributed by atoms with Gasteiger partial charge in [0.15, 0.2) is 0 Å². The quantitative estimate of drug-likeness (QED) is 0.257. The smallest absolute Gasteiger partial charge is 0.0885 e. The summed E-state index contributed by atoms with van der Waals surface area (Å²) in [6, 6.07) is 26.4. The van der Waals surface area contributed by atoms with Gasteiger partial charge in [0.05, 0.1) is 19.5 Å². The number of aryl methyl sites for hydroxylation is 2. The Morgan fingerprint density at radius 1 is 0.853 bits per heavy atom. The van der Waals surface area contributed by atoms with Crippen molar-refractivity contribution in [2.75, 3.05) is 20.3 Å². The van der Waals surface area contributed by atoms with Gasteiger partial charge in [-0.15, -0.1) is 0 Å². The normalized spacial score (nSPS) is 19.2. The molecule has 4 aromatic rings. The van der Waals surface area contributed by atoms with Crippen molar-refractivity contribution in [1.82, 2.24) is 0 Å². The molecule has 1 aliphatic carbocycles. The highest BCUT2D eigenvalue weighted by atomic mass is 79.9. The molecule has 1 aliphatic heterocycles. The molecule has 0 bridgehead atoms. The highest BCUT2D eigenvalue weighted by Crippen LogP contribution is 2.34. The predicted octanol–water partition coefficient (Wildman–Crippen LogP) is 8.14. The Labute approximate surface area is 210 Å². The molecule has 1 atom stereocenters. The van der Waals surface area contributed by atoms with Crippen molar-refractivity contribution < 1.29 is 9.47 Å². The number of benzene rings is 4. The highest BCUT2D eigenvalue weighted by molar-refractivity contribution is 9.10. The summed E-state index contributed by atoms with van der Waals surface area (Å²) in [4.78, 5) is 0. The van der Waals surface area contributed by atoms with E-state index >= 15 is 0 Å². The van der Waals surface area contributed by atoms with Crippen molar-refractivity contribution in [3.63, 3.8) is 0 Å². The summed E-state index contributed by atoms with van der Waals surface area (Å²) >= 11 is 3.45. The van der Waals surface area contributed by atoms with Gasteiger partial charge in [0.25, 0.3) is 0 Å². The zero-order chi connectivity index (χ0) is 23.4. The van der Waals surface area contributed by atoms with Crippen molar-refractivity contribution in [2.24, 2.45) is 0 Å². The summed E-state index contributed by atoms with van der Waals surface area (Å²) in [5.41, 5.74) is 4.42. The molecule has 0 saturated carbocycles. The minimum Gasteiger partial charge on any atom is -0.501 e. The number of hydrogen-bond donors (Lipinski definition) is 0. The van der Waals surface area contributed by atoms with Crippen LogP contribution in [0.5, 0.6) is 0 Å². The van der Waals surface area contributed by atoms with Gasteiger partial charge in [-0.25, -0.2) is 0 Å². The van der Waals surface area contributed by atoms with E-state index in [0.717, 1.165) is 17.5 Å². The minimum absolute atomic E-state index is 0.0340. The van der Waals surface area contributed by atoms with E-state index in [9.17, 15) is 0 Å². The molecule has 34 heavy (non-hydrogen) atoms. The third-order valence-electron chi connectivity index (χ3n) is 7.23. The topological polar surface area (TPSA) is 18.5 Å². The van der Waals surface area contributed by atoms with Gasteiger partial charge in [-0.05, 0) is 88.5 Å². The summed E-state index contributed by atoms with van der Waals surface area (Å²) in [6.07, 6.45) is 10.1. The SMILES string of the molecule is COCC1(c2ccc(Br)cc2)C=COCC1.c1ccc2c(c1)ccc1c3c(ccc12)CCCC3. The molecular formula is C31H31BrO2. The van der Waals surface area contributed by atoms with Gasteiger partial charge >= 0.3 is 0 Å². The Balaban J connectivity index is 0.000000143. The lowest BCUT2D eigenvalue weighted by Crippen LogP contribution is -2.32. The molecule has 1 unspecified atom stereocenters. The van der Waals surface area contributed by atoms with E-state index < -0.39 is 0 Å². The van der Waals surface area contributed by atoms with Gasteiger partial charge in [-0.1, -0.05) is 76.6 Å². The standard InChI is InChI=1S/C18H16.C13H15BrO2/c1-3-7-15-13(5-1)9-11-18-16-8-4-2-6-14(16)10-12-17(15)18;1-15-10-13(6-8-16-9-7-13)11-2-4-12(14)5-3-11/h1,3,5,7,9-12H,2,4,6,8H2;2-6,8H,7,9-10H2,1H3. The average molecular weight is 515 g/mol. The first-order chi connectivity index (χ1) is 16.7. The molecular weight excluding hydrogens is 484 g/mol. The van der Waals surface area contributed by atoms with Crippen LogP contribution in [-0.2, 0) is 27.7 Å². The van der Waals surface area contributed by atoms with Crippen molar-refractivity contribution in [3.05, 3.63) is 106 Å². The summed E-state index contributed by atoms with van der Waals surface area (Å²) in [5, 5.41) is 5.64. The van der Waals surface area contributed by atoms with Crippen molar-refractivity contribution in [3.8, 4) is 0 Å². The van der Waals surface area contributed by atoms with Crippen LogP contribution in [0.25, 0.3) is 21.5 Å². The third kappa shape index (κ3) is 4.64. The Morgan fingerprint density at radius 3 is 2.44 bits per heavy atom. The van der Waals surface area contributed by atoms with E-state index in [1.165, 1.54) is 52.8 Å². The zero-order valence-corrected chi connectivity index (χ0v) is 21.3. The van der Waals surface area contributed by atoms with Crippen LogP contribution in [0.3, 0.4) is 0 Å². The van der Waals surface area contributed by atoms with E-state index in [0.29, 0.717) is 6.61 Å². The van der Waals surface area contributed by atoms with Gasteiger partial charge in [0.1, 0.15) is 0 Å². The summed E-state index contributed by atoms with van der Waals surface area (Å²) in [5.74, 6) is 0. The fraction of sp³-hybridized carbons (Fsp3) is 0.290. The van der Waals surface area contributed by atoms with Crippen LogP contribution in [0.4, 0.5) is 0 Å². The Kier molecular flexibility index (Phi) is 7.03. The molecule has 0 saturated heterocycles. The number of halogens is 1. The van der Waals surface area contributed by atoms with E-state index in [4.69, 9.17) is 9.47 Å². The maximum atomic E-state index is 5.35. The molecule has 2 nitrogen and oxygen atoms in total. The van der Waals surface area contributed by atoms with Crippen molar-refractivity contribution in [2.45, 2.75) is 37.5 Å². The largest absolute Gasteiger partial charge is 0.501 e. The van der Waals surface area contributed by atoms with Crippen LogP contribution in [0.15, 0.2) is 89.6 Å². The molecule has 0 N–H and O–H groups in total. The molecule has 0 radical (unpaired) electrons. The maximum absolute atomic E-state index is 5.35. The van der Waals surface area contributed by atoms with Crippen molar-refractivity contribution in [1.29, 1.82) is 0 Å². The zero-order valence-electron chi connectivity index (χ0n) is 19.7. The first kappa shape index (κ1) is 23.1. The van der Waals surface area contributed by atoms with E-state index in [2.05, 4.69) is 94.8 Å². The fourth-order valence-corrected chi connectivity index (χ4v) is 5.66. The van der Waals surface area contributed by atoms with Crippen LogP contribution >= 0.6 is 15.9 Å². The second-order valence-corrected chi connectivity index (χ2v) is 10.2. The number of hydrogen-bond acceptors (Lipinski definition) is 2. The number of rotatable bonds is 3. The highest BCUT2D eigenvalue weighted by Gasteiger charge is 2.31. The second-order valence-electron chi connectivity index (χ2n) is 9.31. The predicted molar refractivity (Wildman–Crippen MR) is 146 cm³/mol. The van der Waals surface area contributed by atoms with Crippen LogP contribution in [0, 0.1) is 0 Å². The van der Waals surface area contributed by atoms with Gasteiger partial charge in [0, 0.05) is 17.0 Å². The number of ether oxygens (including phenoxy) is 2. The molecule has 1 heterocycles. The first-order valence-electron chi connectivity index (χ1n) is 12.2. The average Bonchev–Trinajstić information content (AvgIpc) is 2.90. The summed E-state index contributed by atoms with van der Waals surface area (Å²) in [7, 11) is 1.74. The second kappa shape index (κ2) is 10.3.